The van der Waals surface area contributed by atoms with E-state index in [0.29, 0.717) is 24.3 Å². The monoisotopic (exact) mass is 302 g/mol. The summed E-state index contributed by atoms with van der Waals surface area (Å²) in [5, 5.41) is 4.14. The van der Waals surface area contributed by atoms with Crippen molar-refractivity contribution in [3.63, 3.8) is 0 Å². The first-order valence-electron chi connectivity index (χ1n) is 7.56. The normalized spacial score (nSPS) is 21.7. The van der Waals surface area contributed by atoms with Crippen LogP contribution in [0.1, 0.15) is 23.2 Å². The summed E-state index contributed by atoms with van der Waals surface area (Å²) in [6.07, 6.45) is 3.59. The number of nitrogens with zero attached hydrogens (tertiary/aromatic N) is 4. The first-order valence-corrected chi connectivity index (χ1v) is 7.56. The molecule has 0 radical (unpaired) electrons. The molecule has 1 amide bonds. The summed E-state index contributed by atoms with van der Waals surface area (Å²) < 4.78 is 7.47. The van der Waals surface area contributed by atoms with Crippen molar-refractivity contribution in [2.45, 2.75) is 19.5 Å². The van der Waals surface area contributed by atoms with Gasteiger partial charge in [0, 0.05) is 31.5 Å². The summed E-state index contributed by atoms with van der Waals surface area (Å²) >= 11 is 0. The molecule has 3 heterocycles. The fraction of sp³-hybridized carbons (Fsp3) is 0.500. The molecule has 0 aliphatic carbocycles. The third kappa shape index (κ3) is 2.92. The molecule has 118 valence electrons. The number of likely N-dealkylation sites (tertiary alicyclic amines) is 1. The van der Waals surface area contributed by atoms with E-state index in [1.807, 2.05) is 23.2 Å². The minimum Gasteiger partial charge on any atom is -0.454 e. The van der Waals surface area contributed by atoms with Gasteiger partial charge in [-0.05, 0) is 38.2 Å². The summed E-state index contributed by atoms with van der Waals surface area (Å²) in [5.41, 5.74) is 0. The Bertz CT molecular complexity index is 632. The molecule has 6 heteroatoms. The van der Waals surface area contributed by atoms with Crippen LogP contribution in [0.3, 0.4) is 0 Å². The number of amides is 1. The van der Waals surface area contributed by atoms with Crippen molar-refractivity contribution in [2.24, 2.45) is 5.92 Å². The Hall–Kier alpha value is -2.08. The van der Waals surface area contributed by atoms with Crippen molar-refractivity contribution < 1.29 is 9.21 Å². The minimum absolute atomic E-state index is 0.0251. The molecule has 22 heavy (non-hydrogen) atoms. The second-order valence-corrected chi connectivity index (χ2v) is 6.19. The molecule has 0 aromatic carbocycles. The molecule has 2 aromatic heterocycles. The van der Waals surface area contributed by atoms with Crippen molar-refractivity contribution in [3.8, 4) is 0 Å². The fourth-order valence-corrected chi connectivity index (χ4v) is 3.07. The number of carbonyl (C=O) groups is 1. The number of hydrogen-bond acceptors (Lipinski definition) is 4. The topological polar surface area (TPSA) is 54.5 Å². The van der Waals surface area contributed by atoms with Crippen LogP contribution in [0.25, 0.3) is 0 Å². The van der Waals surface area contributed by atoms with Crippen LogP contribution in [0.2, 0.25) is 0 Å². The van der Waals surface area contributed by atoms with Gasteiger partial charge in [-0.15, -0.1) is 0 Å². The molecule has 1 saturated heterocycles. The lowest BCUT2D eigenvalue weighted by Crippen LogP contribution is -2.35. The fourth-order valence-electron chi connectivity index (χ4n) is 3.07. The second kappa shape index (κ2) is 5.96. The minimum atomic E-state index is -0.0251. The van der Waals surface area contributed by atoms with Gasteiger partial charge in [-0.2, -0.15) is 5.10 Å². The van der Waals surface area contributed by atoms with Crippen molar-refractivity contribution in [2.75, 3.05) is 27.2 Å². The molecule has 0 bridgehead atoms. The number of rotatable bonds is 4. The van der Waals surface area contributed by atoms with Gasteiger partial charge in [-0.1, -0.05) is 6.92 Å². The molecular formula is C16H22N4O2. The third-order valence-corrected chi connectivity index (χ3v) is 4.27. The molecule has 2 atom stereocenters. The van der Waals surface area contributed by atoms with E-state index in [9.17, 15) is 4.79 Å². The van der Waals surface area contributed by atoms with Gasteiger partial charge in [0.05, 0.1) is 6.54 Å². The van der Waals surface area contributed by atoms with Crippen molar-refractivity contribution >= 4 is 5.91 Å². The molecule has 0 spiro atoms. The van der Waals surface area contributed by atoms with Crippen LogP contribution in [0, 0.1) is 5.92 Å². The van der Waals surface area contributed by atoms with Gasteiger partial charge in [-0.25, -0.2) is 0 Å². The highest BCUT2D eigenvalue weighted by molar-refractivity contribution is 5.91. The lowest BCUT2D eigenvalue weighted by Gasteiger charge is -2.22. The molecule has 0 N–H and O–H groups in total. The van der Waals surface area contributed by atoms with Crippen molar-refractivity contribution in [3.05, 3.63) is 42.1 Å². The summed E-state index contributed by atoms with van der Waals surface area (Å²) in [5.74, 6) is 1.59. The standard InChI is InChI=1S/C16H22N4O2/c1-12-9-19(11-14(12)18(2)3)16(21)15-6-5-13(22-15)10-20-8-4-7-17-20/h4-8,12,14H,9-11H2,1-3H3. The van der Waals surface area contributed by atoms with E-state index in [-0.39, 0.29) is 5.91 Å². The Morgan fingerprint density at radius 2 is 2.23 bits per heavy atom. The third-order valence-electron chi connectivity index (χ3n) is 4.27. The molecule has 6 nitrogen and oxygen atoms in total. The van der Waals surface area contributed by atoms with Crippen LogP contribution >= 0.6 is 0 Å². The molecule has 2 unspecified atom stereocenters. The number of aromatic nitrogens is 2. The van der Waals surface area contributed by atoms with E-state index < -0.39 is 0 Å². The summed E-state index contributed by atoms with van der Waals surface area (Å²) in [7, 11) is 4.12. The first-order chi connectivity index (χ1) is 10.5. The lowest BCUT2D eigenvalue weighted by atomic mass is 10.1. The van der Waals surface area contributed by atoms with Gasteiger partial charge in [-0.3, -0.25) is 9.48 Å². The predicted molar refractivity (Wildman–Crippen MR) is 82.6 cm³/mol. The van der Waals surface area contributed by atoms with Crippen LogP contribution in [-0.4, -0.2) is 58.7 Å². The number of carbonyl (C=O) groups excluding carboxylic acids is 1. The van der Waals surface area contributed by atoms with Gasteiger partial charge in [0.15, 0.2) is 5.76 Å². The van der Waals surface area contributed by atoms with E-state index in [1.54, 1.807) is 16.9 Å². The van der Waals surface area contributed by atoms with Crippen LogP contribution in [0.5, 0.6) is 0 Å². The molecule has 2 aromatic rings. The number of furan rings is 1. The zero-order chi connectivity index (χ0) is 15.7. The first kappa shape index (κ1) is 14.8. The van der Waals surface area contributed by atoms with Gasteiger partial charge < -0.3 is 14.2 Å². The smallest absolute Gasteiger partial charge is 0.289 e. The van der Waals surface area contributed by atoms with Gasteiger partial charge >= 0.3 is 0 Å². The van der Waals surface area contributed by atoms with Crippen LogP contribution in [-0.2, 0) is 6.54 Å². The van der Waals surface area contributed by atoms with Crippen LogP contribution < -0.4 is 0 Å². The molecule has 1 fully saturated rings. The highest BCUT2D eigenvalue weighted by atomic mass is 16.4. The summed E-state index contributed by atoms with van der Waals surface area (Å²) in [6, 6.07) is 5.87. The molecule has 1 aliphatic rings. The van der Waals surface area contributed by atoms with Crippen molar-refractivity contribution in [1.82, 2.24) is 19.6 Å². The average molecular weight is 302 g/mol. The highest BCUT2D eigenvalue weighted by Crippen LogP contribution is 2.22. The maximum atomic E-state index is 12.6. The Labute approximate surface area is 130 Å². The van der Waals surface area contributed by atoms with E-state index in [0.717, 1.165) is 18.8 Å². The Balaban J connectivity index is 1.67. The summed E-state index contributed by atoms with van der Waals surface area (Å²) in [4.78, 5) is 16.6. The maximum Gasteiger partial charge on any atom is 0.289 e. The number of likely N-dealkylation sites (N-methyl/N-ethyl adjacent to an activating group) is 1. The summed E-state index contributed by atoms with van der Waals surface area (Å²) in [6.45, 7) is 4.25. The molecule has 0 saturated carbocycles. The zero-order valence-corrected chi connectivity index (χ0v) is 13.3. The van der Waals surface area contributed by atoms with Gasteiger partial charge in [0.2, 0.25) is 0 Å². The van der Waals surface area contributed by atoms with Crippen molar-refractivity contribution in [1.29, 1.82) is 0 Å². The quantitative estimate of drug-likeness (QED) is 0.860. The SMILES string of the molecule is CC1CN(C(=O)c2ccc(Cn3cccn3)o2)CC1N(C)C. The largest absolute Gasteiger partial charge is 0.454 e. The molecular weight excluding hydrogens is 280 g/mol. The van der Waals surface area contributed by atoms with E-state index >= 15 is 0 Å². The number of hydrogen-bond donors (Lipinski definition) is 0. The van der Waals surface area contributed by atoms with Crippen LogP contribution in [0.15, 0.2) is 35.0 Å². The second-order valence-electron chi connectivity index (χ2n) is 6.19. The predicted octanol–water partition coefficient (Wildman–Crippen LogP) is 1.55. The maximum absolute atomic E-state index is 12.6. The Morgan fingerprint density at radius 3 is 2.86 bits per heavy atom. The van der Waals surface area contributed by atoms with Gasteiger partial charge in [0.25, 0.3) is 5.91 Å². The Kier molecular flexibility index (Phi) is 4.02. The van der Waals surface area contributed by atoms with Gasteiger partial charge in [0.1, 0.15) is 5.76 Å². The highest BCUT2D eigenvalue weighted by Gasteiger charge is 2.34. The van der Waals surface area contributed by atoms with Crippen LogP contribution in [0.4, 0.5) is 0 Å². The van der Waals surface area contributed by atoms with E-state index in [1.165, 1.54) is 0 Å². The molecule has 1 aliphatic heterocycles. The average Bonchev–Trinajstić information content (AvgIpc) is 3.19. The lowest BCUT2D eigenvalue weighted by molar-refractivity contribution is 0.0747. The van der Waals surface area contributed by atoms with E-state index in [2.05, 4.69) is 31.0 Å². The molecule has 3 rings (SSSR count). The zero-order valence-electron chi connectivity index (χ0n) is 13.3. The van der Waals surface area contributed by atoms with E-state index in [4.69, 9.17) is 4.42 Å². The Morgan fingerprint density at radius 1 is 1.41 bits per heavy atom.